The van der Waals surface area contributed by atoms with Gasteiger partial charge in [0.25, 0.3) is 0 Å². The van der Waals surface area contributed by atoms with Crippen LogP contribution in [0.15, 0.2) is 23.1 Å². The highest BCUT2D eigenvalue weighted by molar-refractivity contribution is 7.99. The summed E-state index contributed by atoms with van der Waals surface area (Å²) in [4.78, 5) is 0.855. The van der Waals surface area contributed by atoms with E-state index in [0.29, 0.717) is 17.0 Å². The predicted molar refractivity (Wildman–Crippen MR) is 59.4 cm³/mol. The number of aliphatic hydroxyl groups excluding tert-OH is 2. The van der Waals surface area contributed by atoms with Crippen molar-refractivity contribution in [2.45, 2.75) is 11.0 Å². The average molecular weight is 224 g/mol. The van der Waals surface area contributed by atoms with Gasteiger partial charge in [0.05, 0.1) is 18.3 Å². The van der Waals surface area contributed by atoms with Crippen molar-refractivity contribution >= 4 is 17.4 Å². The molecule has 0 radical (unpaired) electrons. The number of benzene rings is 1. The molecule has 4 N–H and O–H groups in total. The first-order chi connectivity index (χ1) is 7.17. The topological polar surface area (TPSA) is 90.3 Å². The van der Waals surface area contributed by atoms with Crippen LogP contribution in [-0.2, 0) is 0 Å². The van der Waals surface area contributed by atoms with Gasteiger partial charge in [-0.1, -0.05) is 0 Å². The van der Waals surface area contributed by atoms with Crippen molar-refractivity contribution in [3.05, 3.63) is 23.8 Å². The van der Waals surface area contributed by atoms with Gasteiger partial charge in [-0.2, -0.15) is 5.26 Å². The molecule has 1 aromatic rings. The second-order valence-electron chi connectivity index (χ2n) is 3.01. The quantitative estimate of drug-likeness (QED) is 0.514. The van der Waals surface area contributed by atoms with Gasteiger partial charge < -0.3 is 15.9 Å². The molecule has 5 heteroatoms. The van der Waals surface area contributed by atoms with Gasteiger partial charge in [-0.3, -0.25) is 0 Å². The molecule has 0 saturated carbocycles. The fourth-order valence-corrected chi connectivity index (χ4v) is 1.82. The molecule has 0 aliphatic heterocycles. The van der Waals surface area contributed by atoms with Crippen LogP contribution in [0.1, 0.15) is 5.56 Å². The van der Waals surface area contributed by atoms with E-state index in [4.69, 9.17) is 21.2 Å². The average Bonchev–Trinajstić information content (AvgIpc) is 2.27. The lowest BCUT2D eigenvalue weighted by Gasteiger charge is -2.07. The highest BCUT2D eigenvalue weighted by Gasteiger charge is 2.05. The molecule has 0 aliphatic rings. The molecule has 0 heterocycles. The third-order valence-corrected chi connectivity index (χ3v) is 2.94. The predicted octanol–water partition coefficient (Wildman–Crippen LogP) is 0.586. The SMILES string of the molecule is N#Cc1cc(SCC(O)CO)ccc1N. The van der Waals surface area contributed by atoms with E-state index < -0.39 is 6.10 Å². The summed E-state index contributed by atoms with van der Waals surface area (Å²) in [5, 5.41) is 26.5. The molecular formula is C10H12N2O2S. The van der Waals surface area contributed by atoms with Gasteiger partial charge in [0, 0.05) is 16.3 Å². The Morgan fingerprint density at radius 2 is 2.27 bits per heavy atom. The number of hydrogen-bond acceptors (Lipinski definition) is 5. The van der Waals surface area contributed by atoms with Crippen LogP contribution in [0, 0.1) is 11.3 Å². The summed E-state index contributed by atoms with van der Waals surface area (Å²) >= 11 is 1.37. The molecule has 0 spiro atoms. The first kappa shape index (κ1) is 11.9. The minimum atomic E-state index is -0.738. The molecule has 15 heavy (non-hydrogen) atoms. The van der Waals surface area contributed by atoms with Crippen molar-refractivity contribution in [2.24, 2.45) is 0 Å². The van der Waals surface area contributed by atoms with Crippen molar-refractivity contribution in [1.82, 2.24) is 0 Å². The standard InChI is InChI=1S/C10H12N2O2S/c11-4-7-3-9(1-2-10(7)12)15-6-8(14)5-13/h1-3,8,13-14H,5-6,12H2. The van der Waals surface area contributed by atoms with Crippen LogP contribution in [0.4, 0.5) is 5.69 Å². The van der Waals surface area contributed by atoms with Gasteiger partial charge in [0.15, 0.2) is 0 Å². The highest BCUT2D eigenvalue weighted by atomic mass is 32.2. The fourth-order valence-electron chi connectivity index (χ4n) is 0.967. The number of hydrogen-bond donors (Lipinski definition) is 3. The van der Waals surface area contributed by atoms with E-state index in [2.05, 4.69) is 0 Å². The number of nitrogens with two attached hydrogens (primary N) is 1. The van der Waals surface area contributed by atoms with E-state index in [1.807, 2.05) is 6.07 Å². The second-order valence-corrected chi connectivity index (χ2v) is 4.10. The summed E-state index contributed by atoms with van der Waals surface area (Å²) in [7, 11) is 0. The van der Waals surface area contributed by atoms with E-state index in [-0.39, 0.29) is 6.61 Å². The maximum absolute atomic E-state index is 9.14. The zero-order valence-electron chi connectivity index (χ0n) is 8.05. The summed E-state index contributed by atoms with van der Waals surface area (Å²) in [5.74, 6) is 0.394. The molecule has 0 fully saturated rings. The molecule has 0 bridgehead atoms. The molecule has 0 aromatic heterocycles. The zero-order chi connectivity index (χ0) is 11.3. The van der Waals surface area contributed by atoms with E-state index in [0.717, 1.165) is 4.90 Å². The lowest BCUT2D eigenvalue weighted by Crippen LogP contribution is -2.14. The number of thioether (sulfide) groups is 1. The fraction of sp³-hybridized carbons (Fsp3) is 0.300. The third kappa shape index (κ3) is 3.44. The molecule has 1 rings (SSSR count). The number of nitrogen functional groups attached to an aromatic ring is 1. The summed E-state index contributed by atoms with van der Waals surface area (Å²) in [6.45, 7) is -0.257. The summed E-state index contributed by atoms with van der Waals surface area (Å²) in [6, 6.07) is 7.10. The van der Waals surface area contributed by atoms with Crippen LogP contribution < -0.4 is 5.73 Å². The van der Waals surface area contributed by atoms with E-state index >= 15 is 0 Å². The van der Waals surface area contributed by atoms with E-state index in [9.17, 15) is 0 Å². The van der Waals surface area contributed by atoms with E-state index in [1.165, 1.54) is 11.8 Å². The Bertz CT molecular complexity index is 376. The Morgan fingerprint density at radius 1 is 1.53 bits per heavy atom. The Hall–Kier alpha value is -1.22. The summed E-state index contributed by atoms with van der Waals surface area (Å²) in [6.07, 6.45) is -0.738. The van der Waals surface area contributed by atoms with Gasteiger partial charge >= 0.3 is 0 Å². The highest BCUT2D eigenvalue weighted by Crippen LogP contribution is 2.22. The molecule has 0 saturated heterocycles. The second kappa shape index (κ2) is 5.61. The van der Waals surface area contributed by atoms with Gasteiger partial charge in [-0.05, 0) is 18.2 Å². The minimum Gasteiger partial charge on any atom is -0.398 e. The molecule has 4 nitrogen and oxygen atoms in total. The van der Waals surface area contributed by atoms with Gasteiger partial charge in [-0.25, -0.2) is 0 Å². The third-order valence-electron chi connectivity index (χ3n) is 1.80. The lowest BCUT2D eigenvalue weighted by molar-refractivity contribution is 0.113. The van der Waals surface area contributed by atoms with E-state index in [1.54, 1.807) is 18.2 Å². The monoisotopic (exact) mass is 224 g/mol. The van der Waals surface area contributed by atoms with Crippen molar-refractivity contribution in [2.75, 3.05) is 18.1 Å². The molecule has 1 aromatic carbocycles. The first-order valence-corrected chi connectivity index (χ1v) is 5.37. The number of nitrogens with zero attached hydrogens (tertiary/aromatic N) is 1. The number of rotatable bonds is 4. The molecule has 0 aliphatic carbocycles. The molecule has 1 unspecified atom stereocenters. The Labute approximate surface area is 92.3 Å². The Morgan fingerprint density at radius 3 is 2.87 bits per heavy atom. The minimum absolute atomic E-state index is 0.257. The van der Waals surface area contributed by atoms with Crippen LogP contribution in [0.25, 0.3) is 0 Å². The van der Waals surface area contributed by atoms with Crippen molar-refractivity contribution in [3.8, 4) is 6.07 Å². The van der Waals surface area contributed by atoms with Crippen molar-refractivity contribution in [1.29, 1.82) is 5.26 Å². The Balaban J connectivity index is 2.67. The number of aliphatic hydroxyl groups is 2. The van der Waals surface area contributed by atoms with Crippen LogP contribution in [-0.4, -0.2) is 28.7 Å². The van der Waals surface area contributed by atoms with Crippen molar-refractivity contribution in [3.63, 3.8) is 0 Å². The maximum atomic E-state index is 9.14. The van der Waals surface area contributed by atoms with Crippen LogP contribution in [0.5, 0.6) is 0 Å². The molecule has 1 atom stereocenters. The number of anilines is 1. The lowest BCUT2D eigenvalue weighted by atomic mass is 10.2. The van der Waals surface area contributed by atoms with Crippen LogP contribution >= 0.6 is 11.8 Å². The smallest absolute Gasteiger partial charge is 0.101 e. The molecular weight excluding hydrogens is 212 g/mol. The van der Waals surface area contributed by atoms with Crippen LogP contribution in [0.3, 0.4) is 0 Å². The zero-order valence-corrected chi connectivity index (χ0v) is 8.87. The van der Waals surface area contributed by atoms with Gasteiger partial charge in [-0.15, -0.1) is 11.8 Å². The Kier molecular flexibility index (Phi) is 4.43. The van der Waals surface area contributed by atoms with Crippen molar-refractivity contribution < 1.29 is 10.2 Å². The normalized spacial score (nSPS) is 12.1. The molecule has 80 valence electrons. The summed E-state index contributed by atoms with van der Waals surface area (Å²) in [5.41, 5.74) is 6.44. The molecule has 0 amide bonds. The largest absolute Gasteiger partial charge is 0.398 e. The maximum Gasteiger partial charge on any atom is 0.101 e. The number of nitriles is 1. The first-order valence-electron chi connectivity index (χ1n) is 4.38. The van der Waals surface area contributed by atoms with Gasteiger partial charge in [0.1, 0.15) is 6.07 Å². The summed E-state index contributed by atoms with van der Waals surface area (Å²) < 4.78 is 0. The van der Waals surface area contributed by atoms with Gasteiger partial charge in [0.2, 0.25) is 0 Å². The van der Waals surface area contributed by atoms with Crippen LogP contribution in [0.2, 0.25) is 0 Å².